The molecule has 0 aliphatic carbocycles. The zero-order valence-electron chi connectivity index (χ0n) is 14.2. The molecule has 0 aliphatic rings. The zero-order valence-corrected chi connectivity index (χ0v) is 16.6. The molecule has 0 aliphatic heterocycles. The van der Waals surface area contributed by atoms with Crippen molar-refractivity contribution in [1.82, 2.24) is 10.2 Å². The highest BCUT2D eigenvalue weighted by Crippen LogP contribution is 2.26. The minimum Gasteiger partial charge on any atom is -0.484 e. The van der Waals surface area contributed by atoms with Crippen molar-refractivity contribution in [2.24, 2.45) is 0 Å². The summed E-state index contributed by atoms with van der Waals surface area (Å²) in [6.45, 7) is 2.14. The van der Waals surface area contributed by atoms with Gasteiger partial charge in [0, 0.05) is 5.02 Å². The monoisotopic (exact) mass is 423 g/mol. The molecule has 3 rings (SSSR count). The van der Waals surface area contributed by atoms with Crippen LogP contribution in [0.2, 0.25) is 10.0 Å². The fourth-order valence-corrected chi connectivity index (χ4v) is 3.03. The second-order valence-corrected chi connectivity index (χ2v) is 7.30. The minimum absolute atomic E-state index is 0.0865. The van der Waals surface area contributed by atoms with Gasteiger partial charge < -0.3 is 14.5 Å². The Hall–Kier alpha value is -2.22. The summed E-state index contributed by atoms with van der Waals surface area (Å²) in [6, 6.07) is 12.5. The highest BCUT2D eigenvalue weighted by molar-refractivity contribution is 7.99. The zero-order chi connectivity index (χ0) is 19.2. The lowest BCUT2D eigenvalue weighted by Gasteiger charge is -2.06. The summed E-state index contributed by atoms with van der Waals surface area (Å²) in [6.07, 6.45) is 0. The number of nitrogens with zero attached hydrogens (tertiary/aromatic N) is 2. The van der Waals surface area contributed by atoms with Crippen LogP contribution < -0.4 is 10.1 Å². The Morgan fingerprint density at radius 2 is 2.07 bits per heavy atom. The predicted molar refractivity (Wildman–Crippen MR) is 106 cm³/mol. The van der Waals surface area contributed by atoms with Crippen molar-refractivity contribution in [2.75, 3.05) is 11.1 Å². The number of carbonyl (C=O) groups is 1. The van der Waals surface area contributed by atoms with Crippen molar-refractivity contribution in [1.29, 1.82) is 0 Å². The molecule has 1 aromatic heterocycles. The number of halogens is 2. The molecule has 0 saturated carbocycles. The van der Waals surface area contributed by atoms with Crippen LogP contribution in [-0.4, -0.2) is 21.9 Å². The van der Waals surface area contributed by atoms with Crippen LogP contribution in [0.25, 0.3) is 0 Å². The number of carbonyl (C=O) groups excluding carboxylic acids is 1. The third-order valence-corrected chi connectivity index (χ3v) is 4.71. The molecule has 0 radical (unpaired) electrons. The maximum atomic E-state index is 12.1. The molecular weight excluding hydrogens is 409 g/mol. The van der Waals surface area contributed by atoms with E-state index in [1.165, 1.54) is 0 Å². The standard InChI is InChI=1S/C18H15Cl2N3O3S/c1-11-3-2-4-13(7-11)25-9-17-22-23-18(26-17)27-10-16(24)21-15-8-12(19)5-6-14(15)20/h2-8H,9-10H2,1H3,(H,21,24). The summed E-state index contributed by atoms with van der Waals surface area (Å²) in [5, 5.41) is 11.7. The van der Waals surface area contributed by atoms with Gasteiger partial charge in [0.25, 0.3) is 11.1 Å². The fourth-order valence-electron chi connectivity index (χ4n) is 2.11. The summed E-state index contributed by atoms with van der Waals surface area (Å²) in [5.74, 6) is 0.876. The van der Waals surface area contributed by atoms with E-state index < -0.39 is 0 Å². The van der Waals surface area contributed by atoms with Crippen LogP contribution in [0.4, 0.5) is 5.69 Å². The van der Waals surface area contributed by atoms with Crippen molar-refractivity contribution in [3.63, 3.8) is 0 Å². The Labute approximate surface area is 170 Å². The van der Waals surface area contributed by atoms with Gasteiger partial charge in [-0.3, -0.25) is 4.79 Å². The molecule has 0 atom stereocenters. The fraction of sp³-hybridized carbons (Fsp3) is 0.167. The van der Waals surface area contributed by atoms with E-state index in [2.05, 4.69) is 15.5 Å². The Morgan fingerprint density at radius 3 is 2.89 bits per heavy atom. The lowest BCUT2D eigenvalue weighted by molar-refractivity contribution is -0.113. The van der Waals surface area contributed by atoms with Crippen LogP contribution in [0.1, 0.15) is 11.5 Å². The highest BCUT2D eigenvalue weighted by atomic mass is 35.5. The number of aryl methyl sites for hydroxylation is 1. The molecule has 140 valence electrons. The van der Waals surface area contributed by atoms with Crippen molar-refractivity contribution in [2.45, 2.75) is 18.8 Å². The molecule has 1 amide bonds. The number of rotatable bonds is 7. The van der Waals surface area contributed by atoms with Gasteiger partial charge in [-0.2, -0.15) is 0 Å². The Morgan fingerprint density at radius 1 is 1.22 bits per heavy atom. The van der Waals surface area contributed by atoms with Crippen LogP contribution in [-0.2, 0) is 11.4 Å². The number of anilines is 1. The molecule has 0 saturated heterocycles. The first-order valence-electron chi connectivity index (χ1n) is 7.89. The molecule has 1 N–H and O–H groups in total. The van der Waals surface area contributed by atoms with E-state index >= 15 is 0 Å². The van der Waals surface area contributed by atoms with Crippen molar-refractivity contribution in [3.05, 3.63) is 64.0 Å². The molecule has 0 spiro atoms. The largest absolute Gasteiger partial charge is 0.484 e. The van der Waals surface area contributed by atoms with Crippen LogP contribution in [0.3, 0.4) is 0 Å². The second-order valence-electron chi connectivity index (χ2n) is 5.53. The molecule has 6 nitrogen and oxygen atoms in total. The van der Waals surface area contributed by atoms with Crippen molar-refractivity contribution < 1.29 is 13.9 Å². The van der Waals surface area contributed by atoms with E-state index in [-0.39, 0.29) is 23.5 Å². The Balaban J connectivity index is 1.49. The summed E-state index contributed by atoms with van der Waals surface area (Å²) in [4.78, 5) is 12.1. The molecule has 2 aromatic carbocycles. The minimum atomic E-state index is -0.264. The van der Waals surface area contributed by atoms with Gasteiger partial charge in [0.1, 0.15) is 5.75 Å². The molecule has 0 bridgehead atoms. The normalized spacial score (nSPS) is 10.6. The number of hydrogen-bond acceptors (Lipinski definition) is 6. The average molecular weight is 424 g/mol. The number of nitrogens with one attached hydrogen (secondary N) is 1. The number of ether oxygens (including phenoxy) is 1. The molecule has 9 heteroatoms. The van der Waals surface area contributed by atoms with Gasteiger partial charge in [-0.05, 0) is 42.8 Å². The average Bonchev–Trinajstić information content (AvgIpc) is 3.09. The Kier molecular flexibility index (Phi) is 6.60. The van der Waals surface area contributed by atoms with Crippen LogP contribution in [0, 0.1) is 6.92 Å². The van der Waals surface area contributed by atoms with Gasteiger partial charge in [0.15, 0.2) is 6.61 Å². The van der Waals surface area contributed by atoms with Crippen LogP contribution >= 0.6 is 35.0 Å². The maximum Gasteiger partial charge on any atom is 0.277 e. The molecular formula is C18H15Cl2N3O3S. The van der Waals surface area contributed by atoms with E-state index in [1.807, 2.05) is 31.2 Å². The molecule has 27 heavy (non-hydrogen) atoms. The summed E-state index contributed by atoms with van der Waals surface area (Å²) in [7, 11) is 0. The third kappa shape index (κ3) is 5.89. The van der Waals surface area contributed by atoms with E-state index in [9.17, 15) is 4.79 Å². The van der Waals surface area contributed by atoms with Crippen molar-refractivity contribution >= 4 is 46.6 Å². The SMILES string of the molecule is Cc1cccc(OCc2nnc(SCC(=O)Nc3cc(Cl)ccc3Cl)o2)c1. The van der Waals surface area contributed by atoms with Gasteiger partial charge in [0.2, 0.25) is 5.91 Å². The smallest absolute Gasteiger partial charge is 0.277 e. The van der Waals surface area contributed by atoms with E-state index in [0.29, 0.717) is 21.6 Å². The summed E-state index contributed by atoms with van der Waals surface area (Å²) >= 11 is 13.0. The van der Waals surface area contributed by atoms with Crippen LogP contribution in [0.5, 0.6) is 5.75 Å². The summed E-state index contributed by atoms with van der Waals surface area (Å²) < 4.78 is 11.1. The van der Waals surface area contributed by atoms with E-state index in [0.717, 1.165) is 23.1 Å². The predicted octanol–water partition coefficient (Wildman–Crippen LogP) is 4.99. The lowest BCUT2D eigenvalue weighted by atomic mass is 10.2. The molecule has 0 unspecified atom stereocenters. The quantitative estimate of drug-likeness (QED) is 0.539. The van der Waals surface area contributed by atoms with Gasteiger partial charge in [-0.1, -0.05) is 47.1 Å². The van der Waals surface area contributed by atoms with Crippen molar-refractivity contribution in [3.8, 4) is 5.75 Å². The van der Waals surface area contributed by atoms with E-state index in [1.54, 1.807) is 18.2 Å². The molecule has 0 fully saturated rings. The first-order chi connectivity index (χ1) is 13.0. The maximum absolute atomic E-state index is 12.1. The first kappa shape index (κ1) is 19.5. The van der Waals surface area contributed by atoms with Gasteiger partial charge >= 0.3 is 0 Å². The second kappa shape index (κ2) is 9.12. The number of thioether (sulfide) groups is 1. The van der Waals surface area contributed by atoms with Crippen LogP contribution in [0.15, 0.2) is 52.1 Å². The van der Waals surface area contributed by atoms with E-state index in [4.69, 9.17) is 32.4 Å². The Bertz CT molecular complexity index is 949. The number of hydrogen-bond donors (Lipinski definition) is 1. The van der Waals surface area contributed by atoms with Gasteiger partial charge in [-0.15, -0.1) is 10.2 Å². The highest BCUT2D eigenvalue weighted by Gasteiger charge is 2.12. The summed E-state index contributed by atoms with van der Waals surface area (Å²) in [5.41, 5.74) is 1.55. The molecule has 3 aromatic rings. The topological polar surface area (TPSA) is 77.2 Å². The number of aromatic nitrogens is 2. The van der Waals surface area contributed by atoms with Gasteiger partial charge in [-0.25, -0.2) is 0 Å². The molecule has 1 heterocycles. The third-order valence-electron chi connectivity index (χ3n) is 3.33. The first-order valence-corrected chi connectivity index (χ1v) is 9.63. The van der Waals surface area contributed by atoms with Gasteiger partial charge in [0.05, 0.1) is 16.5 Å². The lowest BCUT2D eigenvalue weighted by Crippen LogP contribution is -2.14. The number of benzene rings is 2. The number of amides is 1.